The van der Waals surface area contributed by atoms with E-state index in [4.69, 9.17) is 5.11 Å². The maximum Gasteiger partial charge on any atom is 0.303 e. The van der Waals surface area contributed by atoms with E-state index in [2.05, 4.69) is 4.98 Å². The highest BCUT2D eigenvalue weighted by atomic mass is 16.4. The molecule has 0 aliphatic carbocycles. The van der Waals surface area contributed by atoms with Crippen LogP contribution < -0.4 is 0 Å². The number of carboxylic acid groups (broad SMARTS) is 1. The molecule has 28 heavy (non-hydrogen) atoms. The van der Waals surface area contributed by atoms with Crippen LogP contribution in [0.15, 0.2) is 30.5 Å². The molecule has 1 unspecified atom stereocenters. The van der Waals surface area contributed by atoms with E-state index in [9.17, 15) is 14.7 Å². The molecule has 1 fully saturated rings. The van der Waals surface area contributed by atoms with Crippen LogP contribution >= 0.6 is 0 Å². The van der Waals surface area contributed by atoms with Crippen molar-refractivity contribution in [3.8, 4) is 0 Å². The number of likely N-dealkylation sites (tertiary alicyclic amines) is 1. The minimum Gasteiger partial charge on any atom is -0.481 e. The second kappa shape index (κ2) is 11.6. The number of carboxylic acids is 1. The van der Waals surface area contributed by atoms with E-state index in [0.29, 0.717) is 25.8 Å². The molecular formula is C22H32N2O4. The molecule has 154 valence electrons. The number of nitrogens with zero attached hydrogens (tertiary/aromatic N) is 2. The lowest BCUT2D eigenvalue weighted by atomic mass is 9.99. The molecule has 1 aromatic heterocycles. The predicted molar refractivity (Wildman–Crippen MR) is 108 cm³/mol. The van der Waals surface area contributed by atoms with Gasteiger partial charge in [0.2, 0.25) is 5.91 Å². The Bertz CT molecular complexity index is 674. The summed E-state index contributed by atoms with van der Waals surface area (Å²) >= 11 is 0. The van der Waals surface area contributed by atoms with Crippen LogP contribution in [0.1, 0.15) is 62.6 Å². The molecule has 0 radical (unpaired) electrons. The number of rotatable bonds is 11. The first-order valence-corrected chi connectivity index (χ1v) is 10.2. The lowest BCUT2D eigenvalue weighted by Gasteiger charge is -2.34. The third kappa shape index (κ3) is 7.80. The molecule has 2 atom stereocenters. The van der Waals surface area contributed by atoms with E-state index in [0.717, 1.165) is 43.4 Å². The fraction of sp³-hybridized carbons (Fsp3) is 0.591. The van der Waals surface area contributed by atoms with E-state index >= 15 is 0 Å². The minimum absolute atomic E-state index is 0.0362. The summed E-state index contributed by atoms with van der Waals surface area (Å²) in [6.45, 7) is 2.62. The number of aryl methyl sites for hydroxylation is 1. The lowest BCUT2D eigenvalue weighted by Crippen LogP contribution is -2.43. The highest BCUT2D eigenvalue weighted by Gasteiger charge is 2.25. The molecule has 1 aliphatic heterocycles. The van der Waals surface area contributed by atoms with Gasteiger partial charge in [0, 0.05) is 37.7 Å². The molecular weight excluding hydrogens is 356 g/mol. The molecule has 2 rings (SSSR count). The number of piperidine rings is 1. The number of hydrogen-bond donors (Lipinski definition) is 2. The zero-order valence-electron chi connectivity index (χ0n) is 16.7. The number of amides is 1. The van der Waals surface area contributed by atoms with Crippen LogP contribution in [0.4, 0.5) is 0 Å². The molecule has 6 heteroatoms. The SMILES string of the molecule is Cc1cc(CC(O)/C=C/[C@H]2CCCC(=O)N2CCCCCCC(=O)O)ccn1. The summed E-state index contributed by atoms with van der Waals surface area (Å²) in [6.07, 6.45) is 11.4. The smallest absolute Gasteiger partial charge is 0.303 e. The largest absolute Gasteiger partial charge is 0.481 e. The van der Waals surface area contributed by atoms with Crippen molar-refractivity contribution in [2.24, 2.45) is 0 Å². The van der Waals surface area contributed by atoms with Gasteiger partial charge in [-0.05, 0) is 50.3 Å². The number of unbranched alkanes of at least 4 members (excludes halogenated alkanes) is 3. The zero-order chi connectivity index (χ0) is 20.4. The third-order valence-electron chi connectivity index (χ3n) is 5.11. The zero-order valence-corrected chi connectivity index (χ0v) is 16.7. The van der Waals surface area contributed by atoms with Crippen molar-refractivity contribution in [3.63, 3.8) is 0 Å². The Labute approximate surface area is 167 Å². The average molecular weight is 389 g/mol. The number of carbonyl (C=O) groups is 2. The van der Waals surface area contributed by atoms with Gasteiger partial charge in [0.15, 0.2) is 0 Å². The van der Waals surface area contributed by atoms with Gasteiger partial charge in [-0.15, -0.1) is 0 Å². The van der Waals surface area contributed by atoms with E-state index in [1.807, 2.05) is 30.0 Å². The fourth-order valence-corrected chi connectivity index (χ4v) is 3.65. The normalized spacial score (nSPS) is 18.6. The Morgan fingerprint density at radius 2 is 2.14 bits per heavy atom. The number of hydrogen-bond acceptors (Lipinski definition) is 4. The molecule has 1 saturated heterocycles. The second-order valence-electron chi connectivity index (χ2n) is 7.57. The van der Waals surface area contributed by atoms with Gasteiger partial charge >= 0.3 is 5.97 Å². The van der Waals surface area contributed by atoms with Crippen LogP contribution in [0.3, 0.4) is 0 Å². The van der Waals surface area contributed by atoms with E-state index in [1.165, 1.54) is 0 Å². The van der Waals surface area contributed by atoms with Gasteiger partial charge in [0.05, 0.1) is 12.1 Å². The van der Waals surface area contributed by atoms with Gasteiger partial charge in [-0.2, -0.15) is 0 Å². The Morgan fingerprint density at radius 1 is 1.36 bits per heavy atom. The Balaban J connectivity index is 1.82. The van der Waals surface area contributed by atoms with E-state index in [1.54, 1.807) is 12.3 Å². The molecule has 1 aromatic rings. The number of aliphatic carboxylic acids is 1. The number of aliphatic hydroxyl groups excluding tert-OH is 1. The molecule has 1 aliphatic rings. The predicted octanol–water partition coefficient (Wildman–Crippen LogP) is 3.27. The lowest BCUT2D eigenvalue weighted by molar-refractivity contribution is -0.137. The molecule has 1 amide bonds. The first kappa shape index (κ1) is 22.1. The maximum absolute atomic E-state index is 12.3. The second-order valence-corrected chi connectivity index (χ2v) is 7.57. The quantitative estimate of drug-likeness (QED) is 0.448. The van der Waals surface area contributed by atoms with Gasteiger partial charge in [0.1, 0.15) is 0 Å². The highest BCUT2D eigenvalue weighted by molar-refractivity contribution is 5.77. The van der Waals surface area contributed by atoms with Crippen molar-refractivity contribution in [2.45, 2.75) is 76.9 Å². The average Bonchev–Trinajstić information content (AvgIpc) is 2.64. The monoisotopic (exact) mass is 388 g/mol. The molecule has 2 heterocycles. The molecule has 6 nitrogen and oxygen atoms in total. The highest BCUT2D eigenvalue weighted by Crippen LogP contribution is 2.21. The first-order chi connectivity index (χ1) is 13.5. The molecule has 0 spiro atoms. The van der Waals surface area contributed by atoms with Gasteiger partial charge in [0.25, 0.3) is 0 Å². The van der Waals surface area contributed by atoms with Crippen molar-refractivity contribution in [3.05, 3.63) is 41.7 Å². The number of carbonyl (C=O) groups excluding carboxylic acids is 1. The fourth-order valence-electron chi connectivity index (χ4n) is 3.65. The van der Waals surface area contributed by atoms with Crippen molar-refractivity contribution in [1.29, 1.82) is 0 Å². The van der Waals surface area contributed by atoms with E-state index < -0.39 is 12.1 Å². The van der Waals surface area contributed by atoms with Crippen LogP contribution in [0.2, 0.25) is 0 Å². The third-order valence-corrected chi connectivity index (χ3v) is 5.11. The van der Waals surface area contributed by atoms with Gasteiger partial charge in [-0.3, -0.25) is 14.6 Å². The Hall–Kier alpha value is -2.21. The Morgan fingerprint density at radius 3 is 2.89 bits per heavy atom. The van der Waals surface area contributed by atoms with Crippen LogP contribution in [0.25, 0.3) is 0 Å². The Kier molecular flexibility index (Phi) is 9.14. The van der Waals surface area contributed by atoms with Crippen LogP contribution in [0, 0.1) is 6.92 Å². The minimum atomic E-state index is -0.753. The van der Waals surface area contributed by atoms with Crippen molar-refractivity contribution in [1.82, 2.24) is 9.88 Å². The maximum atomic E-state index is 12.3. The molecule has 2 N–H and O–H groups in total. The standard InChI is InChI=1S/C22H32N2O4/c1-17-15-18(12-13-23-17)16-20(25)11-10-19-7-6-8-21(26)24(19)14-5-3-2-4-9-22(27)28/h10-13,15,19-20,25H,2-9,14,16H2,1H3,(H,27,28)/b11-10+/t19-,20?/m1/s1. The summed E-state index contributed by atoms with van der Waals surface area (Å²) < 4.78 is 0. The summed E-state index contributed by atoms with van der Waals surface area (Å²) in [5.41, 5.74) is 1.98. The first-order valence-electron chi connectivity index (χ1n) is 10.2. The summed E-state index contributed by atoms with van der Waals surface area (Å²) in [5.74, 6) is -0.581. The van der Waals surface area contributed by atoms with Gasteiger partial charge < -0.3 is 15.1 Å². The molecule has 0 saturated carbocycles. The van der Waals surface area contributed by atoms with Gasteiger partial charge in [-0.1, -0.05) is 25.0 Å². The van der Waals surface area contributed by atoms with Crippen molar-refractivity contribution >= 4 is 11.9 Å². The van der Waals surface area contributed by atoms with Gasteiger partial charge in [-0.25, -0.2) is 0 Å². The summed E-state index contributed by atoms with van der Waals surface area (Å²) in [7, 11) is 0. The topological polar surface area (TPSA) is 90.7 Å². The number of aliphatic hydroxyl groups is 1. The number of pyridine rings is 1. The summed E-state index contributed by atoms with van der Waals surface area (Å²) in [6, 6.07) is 3.91. The number of aromatic nitrogens is 1. The van der Waals surface area contributed by atoms with Crippen LogP contribution in [-0.4, -0.2) is 50.7 Å². The summed E-state index contributed by atoms with van der Waals surface area (Å²) in [4.78, 5) is 29.0. The van der Waals surface area contributed by atoms with Crippen molar-refractivity contribution < 1.29 is 19.8 Å². The van der Waals surface area contributed by atoms with Crippen molar-refractivity contribution in [2.75, 3.05) is 6.54 Å². The van der Waals surface area contributed by atoms with Crippen LogP contribution in [0.5, 0.6) is 0 Å². The van der Waals surface area contributed by atoms with Crippen LogP contribution in [-0.2, 0) is 16.0 Å². The molecule has 0 aromatic carbocycles. The van der Waals surface area contributed by atoms with E-state index in [-0.39, 0.29) is 18.4 Å². The molecule has 0 bridgehead atoms. The summed E-state index contributed by atoms with van der Waals surface area (Å²) in [5, 5.41) is 19.0.